The van der Waals surface area contributed by atoms with Crippen LogP contribution < -0.4 is 0 Å². The highest BCUT2D eigenvalue weighted by Gasteiger charge is 1.98. The largest absolute Gasteiger partial charge is 0.127 e. The molecule has 0 aliphatic rings. The van der Waals surface area contributed by atoms with Crippen LogP contribution in [0.1, 0.15) is 12.0 Å². The summed E-state index contributed by atoms with van der Waals surface area (Å²) >= 11 is 7.52. The van der Waals surface area contributed by atoms with Gasteiger partial charge in [-0.25, -0.2) is 0 Å². The molecular weight excluding hydrogens is 248 g/mol. The van der Waals surface area contributed by atoms with Crippen molar-refractivity contribution in [3.8, 4) is 0 Å². The van der Waals surface area contributed by atoms with E-state index in [2.05, 4.69) is 48.5 Å². The van der Waals surface area contributed by atoms with Gasteiger partial charge in [-0.2, -0.15) is 0 Å². The standard InChI is InChI=1S/C15H15ClS/c16-11-5-7-13-6-4-10-15(12-13)17-14-8-2-1-3-9-14/h1-4,6,8-10,12H,5,7,11H2. The summed E-state index contributed by atoms with van der Waals surface area (Å²) in [4.78, 5) is 2.57. The van der Waals surface area contributed by atoms with Gasteiger partial charge >= 0.3 is 0 Å². The Kier molecular flexibility index (Phi) is 4.96. The van der Waals surface area contributed by atoms with Crippen molar-refractivity contribution >= 4 is 23.4 Å². The lowest BCUT2D eigenvalue weighted by Crippen LogP contribution is -1.86. The molecule has 88 valence electrons. The Labute approximate surface area is 112 Å². The molecule has 0 fully saturated rings. The van der Waals surface area contributed by atoms with E-state index in [-0.39, 0.29) is 0 Å². The molecule has 0 amide bonds. The summed E-state index contributed by atoms with van der Waals surface area (Å²) in [7, 11) is 0. The van der Waals surface area contributed by atoms with Crippen LogP contribution in [0.3, 0.4) is 0 Å². The molecule has 0 aliphatic heterocycles. The first-order chi connectivity index (χ1) is 8.38. The number of halogens is 1. The van der Waals surface area contributed by atoms with Gasteiger partial charge in [0, 0.05) is 15.7 Å². The Bertz CT molecular complexity index is 453. The first-order valence-corrected chi connectivity index (χ1v) is 7.11. The second kappa shape index (κ2) is 6.73. The normalized spacial score (nSPS) is 10.4. The van der Waals surface area contributed by atoms with E-state index in [4.69, 9.17) is 11.6 Å². The van der Waals surface area contributed by atoms with Crippen LogP contribution in [0.15, 0.2) is 64.4 Å². The molecule has 0 radical (unpaired) electrons. The van der Waals surface area contributed by atoms with Crippen LogP contribution in [0, 0.1) is 0 Å². The lowest BCUT2D eigenvalue weighted by molar-refractivity contribution is 0.924. The number of rotatable bonds is 5. The molecule has 0 aromatic heterocycles. The zero-order valence-corrected chi connectivity index (χ0v) is 11.2. The predicted molar refractivity (Wildman–Crippen MR) is 76.0 cm³/mol. The van der Waals surface area contributed by atoms with Crippen molar-refractivity contribution in [1.82, 2.24) is 0 Å². The molecule has 2 rings (SSSR count). The third-order valence-electron chi connectivity index (χ3n) is 2.48. The maximum atomic E-state index is 5.72. The van der Waals surface area contributed by atoms with Crippen molar-refractivity contribution in [2.24, 2.45) is 0 Å². The van der Waals surface area contributed by atoms with Crippen LogP contribution in [-0.2, 0) is 6.42 Å². The van der Waals surface area contributed by atoms with E-state index in [1.165, 1.54) is 15.4 Å². The molecule has 0 saturated carbocycles. The van der Waals surface area contributed by atoms with Crippen LogP contribution in [0.5, 0.6) is 0 Å². The van der Waals surface area contributed by atoms with Crippen molar-refractivity contribution in [3.05, 3.63) is 60.2 Å². The topological polar surface area (TPSA) is 0 Å². The first kappa shape index (κ1) is 12.5. The number of hydrogen-bond acceptors (Lipinski definition) is 1. The molecule has 0 saturated heterocycles. The van der Waals surface area contributed by atoms with Crippen molar-refractivity contribution in [3.63, 3.8) is 0 Å². The number of alkyl halides is 1. The zero-order chi connectivity index (χ0) is 11.9. The van der Waals surface area contributed by atoms with Crippen LogP contribution in [0.25, 0.3) is 0 Å². The molecule has 17 heavy (non-hydrogen) atoms. The SMILES string of the molecule is ClCCCc1cccc(Sc2ccccc2)c1. The smallest absolute Gasteiger partial charge is 0.0226 e. The van der Waals surface area contributed by atoms with Crippen LogP contribution in [0.2, 0.25) is 0 Å². The number of hydrogen-bond donors (Lipinski definition) is 0. The van der Waals surface area contributed by atoms with Crippen molar-refractivity contribution in [2.45, 2.75) is 22.6 Å². The second-order valence-corrected chi connectivity index (χ2v) is 5.38. The van der Waals surface area contributed by atoms with Gasteiger partial charge in [0.05, 0.1) is 0 Å². The molecule has 2 heteroatoms. The highest BCUT2D eigenvalue weighted by atomic mass is 35.5. The summed E-state index contributed by atoms with van der Waals surface area (Å²) in [5.74, 6) is 0.732. The summed E-state index contributed by atoms with van der Waals surface area (Å²) in [5.41, 5.74) is 1.37. The van der Waals surface area contributed by atoms with E-state index in [0.29, 0.717) is 0 Å². The predicted octanol–water partition coefficient (Wildman–Crippen LogP) is 5.01. The van der Waals surface area contributed by atoms with Gasteiger partial charge in [-0.05, 0) is 42.7 Å². The van der Waals surface area contributed by atoms with Gasteiger partial charge in [-0.3, -0.25) is 0 Å². The summed E-state index contributed by atoms with van der Waals surface area (Å²) in [6.07, 6.45) is 2.10. The molecular formula is C15H15ClS. The summed E-state index contributed by atoms with van der Waals surface area (Å²) in [5, 5.41) is 0. The lowest BCUT2D eigenvalue weighted by Gasteiger charge is -2.04. The minimum atomic E-state index is 0.732. The number of benzene rings is 2. The van der Waals surface area contributed by atoms with Crippen molar-refractivity contribution in [1.29, 1.82) is 0 Å². The second-order valence-electron chi connectivity index (χ2n) is 3.86. The van der Waals surface area contributed by atoms with E-state index in [1.54, 1.807) is 11.8 Å². The van der Waals surface area contributed by atoms with Crippen LogP contribution in [-0.4, -0.2) is 5.88 Å². The summed E-state index contributed by atoms with van der Waals surface area (Å²) in [6.45, 7) is 0. The first-order valence-electron chi connectivity index (χ1n) is 5.76. The van der Waals surface area contributed by atoms with Gasteiger partial charge < -0.3 is 0 Å². The molecule has 0 unspecified atom stereocenters. The maximum absolute atomic E-state index is 5.72. The molecule has 0 N–H and O–H groups in total. The summed E-state index contributed by atoms with van der Waals surface area (Å²) in [6, 6.07) is 19.1. The third kappa shape index (κ3) is 4.10. The number of aryl methyl sites for hydroxylation is 1. The Balaban J connectivity index is 2.06. The van der Waals surface area contributed by atoms with Crippen LogP contribution in [0.4, 0.5) is 0 Å². The quantitative estimate of drug-likeness (QED) is 0.683. The van der Waals surface area contributed by atoms with E-state index < -0.39 is 0 Å². The molecule has 2 aromatic carbocycles. The Hall–Kier alpha value is -0.920. The molecule has 0 heterocycles. The molecule has 0 bridgehead atoms. The average Bonchev–Trinajstić information content (AvgIpc) is 2.38. The monoisotopic (exact) mass is 262 g/mol. The zero-order valence-electron chi connectivity index (χ0n) is 9.60. The fraction of sp³-hybridized carbons (Fsp3) is 0.200. The molecule has 0 spiro atoms. The average molecular weight is 263 g/mol. The molecule has 0 nitrogen and oxygen atoms in total. The van der Waals surface area contributed by atoms with Crippen molar-refractivity contribution in [2.75, 3.05) is 5.88 Å². The minimum absolute atomic E-state index is 0.732. The Morgan fingerprint density at radius 1 is 0.882 bits per heavy atom. The van der Waals surface area contributed by atoms with Gasteiger partial charge in [0.2, 0.25) is 0 Å². The fourth-order valence-corrected chi connectivity index (χ4v) is 2.72. The highest BCUT2D eigenvalue weighted by Crippen LogP contribution is 2.27. The van der Waals surface area contributed by atoms with Gasteiger partial charge in [-0.1, -0.05) is 42.1 Å². The van der Waals surface area contributed by atoms with E-state index in [0.717, 1.165) is 18.7 Å². The van der Waals surface area contributed by atoms with Gasteiger partial charge in [-0.15, -0.1) is 11.6 Å². The molecule has 0 atom stereocenters. The Morgan fingerprint density at radius 3 is 2.41 bits per heavy atom. The highest BCUT2D eigenvalue weighted by molar-refractivity contribution is 7.99. The molecule has 0 aliphatic carbocycles. The van der Waals surface area contributed by atoms with Crippen molar-refractivity contribution < 1.29 is 0 Å². The van der Waals surface area contributed by atoms with E-state index in [1.807, 2.05) is 6.07 Å². The van der Waals surface area contributed by atoms with Gasteiger partial charge in [0.1, 0.15) is 0 Å². The third-order valence-corrected chi connectivity index (χ3v) is 3.74. The molecule has 2 aromatic rings. The lowest BCUT2D eigenvalue weighted by atomic mass is 10.1. The maximum Gasteiger partial charge on any atom is 0.0226 e. The minimum Gasteiger partial charge on any atom is -0.127 e. The van der Waals surface area contributed by atoms with Crippen LogP contribution >= 0.6 is 23.4 Å². The Morgan fingerprint density at radius 2 is 1.65 bits per heavy atom. The fourth-order valence-electron chi connectivity index (χ4n) is 1.66. The van der Waals surface area contributed by atoms with Gasteiger partial charge in [0.25, 0.3) is 0 Å². The summed E-state index contributed by atoms with van der Waals surface area (Å²) < 4.78 is 0. The van der Waals surface area contributed by atoms with E-state index >= 15 is 0 Å². The van der Waals surface area contributed by atoms with E-state index in [9.17, 15) is 0 Å². The van der Waals surface area contributed by atoms with Gasteiger partial charge in [0.15, 0.2) is 0 Å².